The monoisotopic (exact) mass is 312 g/mol. The van der Waals surface area contributed by atoms with Crippen LogP contribution in [0.2, 0.25) is 0 Å². The highest BCUT2D eigenvalue weighted by molar-refractivity contribution is 9.10. The summed E-state index contributed by atoms with van der Waals surface area (Å²) < 4.78 is 18.8. The zero-order valence-electron chi connectivity index (χ0n) is 8.80. The molecule has 0 aliphatic heterocycles. The Balaban J connectivity index is 2.18. The van der Waals surface area contributed by atoms with Gasteiger partial charge in [0.15, 0.2) is 5.69 Å². The molecule has 5 nitrogen and oxygen atoms in total. The Morgan fingerprint density at radius 1 is 1.33 bits per heavy atom. The average Bonchev–Trinajstić information content (AvgIpc) is 2.34. The Morgan fingerprint density at radius 2 is 2.11 bits per heavy atom. The summed E-state index contributed by atoms with van der Waals surface area (Å²) >= 11 is 3.02. The maximum absolute atomic E-state index is 13.2. The van der Waals surface area contributed by atoms with Gasteiger partial charge in [0, 0.05) is 6.07 Å². The van der Waals surface area contributed by atoms with E-state index in [4.69, 9.17) is 9.84 Å². The van der Waals surface area contributed by atoms with Crippen LogP contribution in [0.1, 0.15) is 10.5 Å². The highest BCUT2D eigenvalue weighted by Gasteiger charge is 2.07. The number of carboxylic acids is 1. The topological polar surface area (TPSA) is 72.3 Å². The molecular weight excluding hydrogens is 307 g/mol. The van der Waals surface area contributed by atoms with Crippen LogP contribution in [0, 0.1) is 5.82 Å². The molecule has 2 rings (SSSR count). The lowest BCUT2D eigenvalue weighted by molar-refractivity contribution is 0.0690. The minimum Gasteiger partial charge on any atom is -0.476 e. The third-order valence-electron chi connectivity index (χ3n) is 1.96. The molecule has 0 saturated heterocycles. The van der Waals surface area contributed by atoms with Crippen LogP contribution in [0.3, 0.4) is 0 Å². The third-order valence-corrected chi connectivity index (χ3v) is 2.60. The maximum atomic E-state index is 13.2. The average molecular weight is 313 g/mol. The fraction of sp³-hybridized carbons (Fsp3) is 0. The molecule has 18 heavy (non-hydrogen) atoms. The molecule has 0 bridgehead atoms. The normalized spacial score (nSPS) is 10.1. The van der Waals surface area contributed by atoms with Crippen LogP contribution in [0.4, 0.5) is 4.39 Å². The van der Waals surface area contributed by atoms with Gasteiger partial charge in [-0.1, -0.05) is 0 Å². The Morgan fingerprint density at radius 3 is 2.67 bits per heavy atom. The number of ether oxygens (including phenoxy) is 1. The molecule has 1 N–H and O–H groups in total. The maximum Gasteiger partial charge on any atom is 0.356 e. The second-order valence-corrected chi connectivity index (χ2v) is 4.08. The van der Waals surface area contributed by atoms with Gasteiger partial charge in [0.05, 0.1) is 16.9 Å². The van der Waals surface area contributed by atoms with Crippen molar-refractivity contribution in [2.45, 2.75) is 0 Å². The van der Waals surface area contributed by atoms with Gasteiger partial charge < -0.3 is 9.84 Å². The van der Waals surface area contributed by atoms with Crippen molar-refractivity contribution < 1.29 is 19.0 Å². The number of aromatic carboxylic acids is 1. The first kappa shape index (κ1) is 12.4. The lowest BCUT2D eigenvalue weighted by Gasteiger charge is -2.04. The van der Waals surface area contributed by atoms with Gasteiger partial charge in [-0.25, -0.2) is 19.2 Å². The highest BCUT2D eigenvalue weighted by Crippen LogP contribution is 2.24. The van der Waals surface area contributed by atoms with Crippen molar-refractivity contribution in [3.05, 3.63) is 46.6 Å². The van der Waals surface area contributed by atoms with E-state index in [0.29, 0.717) is 4.47 Å². The van der Waals surface area contributed by atoms with E-state index in [0.717, 1.165) is 12.4 Å². The van der Waals surface area contributed by atoms with Crippen LogP contribution in [-0.4, -0.2) is 21.0 Å². The minimum atomic E-state index is -1.18. The van der Waals surface area contributed by atoms with Gasteiger partial charge in [-0.3, -0.25) is 0 Å². The second kappa shape index (κ2) is 5.09. The van der Waals surface area contributed by atoms with Gasteiger partial charge >= 0.3 is 5.97 Å². The van der Waals surface area contributed by atoms with Gasteiger partial charge in [-0.05, 0) is 28.1 Å². The molecule has 0 saturated carbocycles. The minimum absolute atomic E-state index is 0.0849. The van der Waals surface area contributed by atoms with E-state index < -0.39 is 11.8 Å². The molecule has 0 amide bonds. The van der Waals surface area contributed by atoms with Crippen molar-refractivity contribution in [2.75, 3.05) is 0 Å². The van der Waals surface area contributed by atoms with E-state index in [2.05, 4.69) is 25.9 Å². The Bertz CT molecular complexity index is 589. The summed E-state index contributed by atoms with van der Waals surface area (Å²) in [6.07, 6.45) is 2.22. The predicted octanol–water partition coefficient (Wildman–Crippen LogP) is 2.87. The third kappa shape index (κ3) is 2.80. The largest absolute Gasteiger partial charge is 0.476 e. The molecule has 1 aromatic carbocycles. The molecule has 0 radical (unpaired) electrons. The first-order chi connectivity index (χ1) is 8.56. The standard InChI is InChI=1S/C11H6BrFN2O3/c12-7-2-1-6(3-8(7)13)18-10-5-14-9(4-15-10)11(16)17/h1-5H,(H,16,17). The first-order valence-electron chi connectivity index (χ1n) is 4.74. The number of carboxylic acid groups (broad SMARTS) is 1. The summed E-state index contributed by atoms with van der Waals surface area (Å²) in [5.41, 5.74) is -0.190. The first-order valence-corrected chi connectivity index (χ1v) is 5.54. The van der Waals surface area contributed by atoms with Crippen LogP contribution < -0.4 is 4.74 Å². The van der Waals surface area contributed by atoms with Crippen molar-refractivity contribution in [2.24, 2.45) is 0 Å². The number of halogens is 2. The van der Waals surface area contributed by atoms with Gasteiger partial charge in [0.25, 0.3) is 0 Å². The van der Waals surface area contributed by atoms with E-state index in [1.165, 1.54) is 12.1 Å². The zero-order chi connectivity index (χ0) is 13.1. The summed E-state index contributed by atoms with van der Waals surface area (Å²) in [7, 11) is 0. The molecule has 0 unspecified atom stereocenters. The van der Waals surface area contributed by atoms with Crippen LogP contribution in [0.25, 0.3) is 0 Å². The van der Waals surface area contributed by atoms with E-state index in [1.54, 1.807) is 6.07 Å². The summed E-state index contributed by atoms with van der Waals surface area (Å²) in [5.74, 6) is -1.32. The predicted molar refractivity (Wildman–Crippen MR) is 63.2 cm³/mol. The number of rotatable bonds is 3. The van der Waals surface area contributed by atoms with E-state index >= 15 is 0 Å². The van der Waals surface area contributed by atoms with Gasteiger partial charge in [-0.2, -0.15) is 0 Å². The number of hydrogen-bond acceptors (Lipinski definition) is 4. The second-order valence-electron chi connectivity index (χ2n) is 3.22. The van der Waals surface area contributed by atoms with E-state index in [9.17, 15) is 9.18 Å². The number of hydrogen-bond donors (Lipinski definition) is 1. The SMILES string of the molecule is O=C(O)c1cnc(Oc2ccc(Br)c(F)c2)cn1. The van der Waals surface area contributed by atoms with E-state index in [-0.39, 0.29) is 17.3 Å². The Labute approximate surface area is 109 Å². The molecule has 7 heteroatoms. The molecule has 0 aliphatic rings. The summed E-state index contributed by atoms with van der Waals surface area (Å²) in [5, 5.41) is 8.63. The molecule has 0 fully saturated rings. The number of aromatic nitrogens is 2. The lowest BCUT2D eigenvalue weighted by atomic mass is 10.3. The quantitative estimate of drug-likeness (QED) is 0.943. The van der Waals surface area contributed by atoms with Crippen LogP contribution in [0.5, 0.6) is 11.6 Å². The zero-order valence-corrected chi connectivity index (χ0v) is 10.4. The van der Waals surface area contributed by atoms with Crippen molar-refractivity contribution in [3.63, 3.8) is 0 Å². The Hall–Kier alpha value is -2.02. The van der Waals surface area contributed by atoms with Gasteiger partial charge in [0.2, 0.25) is 5.88 Å². The summed E-state index contributed by atoms with van der Waals surface area (Å²) in [4.78, 5) is 17.9. The van der Waals surface area contributed by atoms with E-state index in [1.807, 2.05) is 0 Å². The number of benzene rings is 1. The van der Waals surface area contributed by atoms with Crippen LogP contribution in [0.15, 0.2) is 35.1 Å². The van der Waals surface area contributed by atoms with Gasteiger partial charge in [-0.15, -0.1) is 0 Å². The molecule has 0 atom stereocenters. The van der Waals surface area contributed by atoms with Crippen molar-refractivity contribution in [1.29, 1.82) is 0 Å². The number of carbonyl (C=O) groups is 1. The van der Waals surface area contributed by atoms with Gasteiger partial charge in [0.1, 0.15) is 11.6 Å². The smallest absolute Gasteiger partial charge is 0.356 e. The molecule has 0 spiro atoms. The van der Waals surface area contributed by atoms with Crippen molar-refractivity contribution >= 4 is 21.9 Å². The van der Waals surface area contributed by atoms with Crippen molar-refractivity contribution in [1.82, 2.24) is 9.97 Å². The lowest BCUT2D eigenvalue weighted by Crippen LogP contribution is -2.01. The molecule has 1 heterocycles. The van der Waals surface area contributed by atoms with Crippen molar-refractivity contribution in [3.8, 4) is 11.6 Å². The van der Waals surface area contributed by atoms with Crippen LogP contribution >= 0.6 is 15.9 Å². The summed E-state index contributed by atoms with van der Waals surface area (Å²) in [6.45, 7) is 0. The number of nitrogens with zero attached hydrogens (tertiary/aromatic N) is 2. The fourth-order valence-electron chi connectivity index (χ4n) is 1.14. The van der Waals surface area contributed by atoms with Crippen LogP contribution in [-0.2, 0) is 0 Å². The highest BCUT2D eigenvalue weighted by atomic mass is 79.9. The molecular formula is C11H6BrFN2O3. The fourth-order valence-corrected chi connectivity index (χ4v) is 1.39. The summed E-state index contributed by atoms with van der Waals surface area (Å²) in [6, 6.07) is 4.21. The molecule has 92 valence electrons. The molecule has 2 aromatic rings. The Kier molecular flexibility index (Phi) is 3.52. The molecule has 1 aromatic heterocycles. The molecule has 0 aliphatic carbocycles.